The van der Waals surface area contributed by atoms with Gasteiger partial charge in [0.15, 0.2) is 0 Å². The van der Waals surface area contributed by atoms with Crippen molar-refractivity contribution in [3.05, 3.63) is 66.7 Å². The van der Waals surface area contributed by atoms with E-state index in [1.807, 2.05) is 26.1 Å². The number of aryl methyl sites for hydroxylation is 1. The van der Waals surface area contributed by atoms with Gasteiger partial charge in [0.05, 0.1) is 5.69 Å². The number of allylic oxidation sites excluding steroid dienone is 3. The SMILES string of the molecule is C=C/C=C(\C=C)OCc1ccc(CCC)cn1.CC.OCO. The molecule has 0 saturated heterocycles. The Bertz CT molecular complexity index is 411. The Balaban J connectivity index is 0. The van der Waals surface area contributed by atoms with Gasteiger partial charge in [0.25, 0.3) is 0 Å². The lowest BCUT2D eigenvalue weighted by Crippen LogP contribution is -1.96. The minimum Gasteiger partial charge on any atom is -0.487 e. The van der Waals surface area contributed by atoms with Gasteiger partial charge in [0.2, 0.25) is 0 Å². The van der Waals surface area contributed by atoms with Gasteiger partial charge in [0.1, 0.15) is 19.2 Å². The maximum atomic E-state index is 7.12. The third kappa shape index (κ3) is 11.9. The van der Waals surface area contributed by atoms with Gasteiger partial charge in [-0.1, -0.05) is 52.5 Å². The van der Waals surface area contributed by atoms with Gasteiger partial charge in [-0.3, -0.25) is 4.98 Å². The van der Waals surface area contributed by atoms with E-state index in [2.05, 4.69) is 31.1 Å². The fraction of sp³-hybridized carbons (Fsp3) is 0.389. The molecule has 0 atom stereocenters. The summed E-state index contributed by atoms with van der Waals surface area (Å²) in [6, 6.07) is 4.10. The number of aliphatic hydroxyl groups is 2. The molecule has 2 N–H and O–H groups in total. The number of hydrogen-bond acceptors (Lipinski definition) is 4. The lowest BCUT2D eigenvalue weighted by atomic mass is 10.1. The van der Waals surface area contributed by atoms with Gasteiger partial charge >= 0.3 is 0 Å². The zero-order valence-corrected chi connectivity index (χ0v) is 14.0. The van der Waals surface area contributed by atoms with Gasteiger partial charge in [-0.25, -0.2) is 0 Å². The fourth-order valence-corrected chi connectivity index (χ4v) is 1.43. The summed E-state index contributed by atoms with van der Waals surface area (Å²) in [7, 11) is 0. The molecule has 22 heavy (non-hydrogen) atoms. The van der Waals surface area contributed by atoms with Crippen molar-refractivity contribution in [3.8, 4) is 0 Å². The number of rotatable bonds is 7. The van der Waals surface area contributed by atoms with Gasteiger partial charge in [-0.05, 0) is 30.2 Å². The Morgan fingerprint density at radius 3 is 2.32 bits per heavy atom. The molecule has 0 spiro atoms. The van der Waals surface area contributed by atoms with Crippen LogP contribution in [0.15, 0.2) is 55.5 Å². The number of nitrogens with zero attached hydrogens (tertiary/aromatic N) is 1. The van der Waals surface area contributed by atoms with E-state index in [0.29, 0.717) is 12.4 Å². The number of hydrogen-bond donors (Lipinski definition) is 2. The summed E-state index contributed by atoms with van der Waals surface area (Å²) in [6.45, 7) is 13.2. The van der Waals surface area contributed by atoms with Crippen LogP contribution in [0.25, 0.3) is 0 Å². The molecule has 4 heteroatoms. The lowest BCUT2D eigenvalue weighted by Gasteiger charge is -2.06. The second-order valence-electron chi connectivity index (χ2n) is 3.85. The average molecular weight is 307 g/mol. The molecule has 1 aromatic heterocycles. The molecule has 1 aromatic rings. The first-order chi connectivity index (χ1) is 10.7. The fourth-order valence-electron chi connectivity index (χ4n) is 1.43. The van der Waals surface area contributed by atoms with Crippen molar-refractivity contribution in [1.29, 1.82) is 0 Å². The topological polar surface area (TPSA) is 62.6 Å². The van der Waals surface area contributed by atoms with E-state index in [0.717, 1.165) is 18.5 Å². The Hall–Kier alpha value is -1.91. The maximum Gasteiger partial charge on any atom is 0.140 e. The number of aliphatic hydroxyl groups excluding tert-OH is 1. The highest BCUT2D eigenvalue weighted by Crippen LogP contribution is 2.07. The van der Waals surface area contributed by atoms with E-state index >= 15 is 0 Å². The van der Waals surface area contributed by atoms with E-state index in [1.54, 1.807) is 18.2 Å². The van der Waals surface area contributed by atoms with Crippen molar-refractivity contribution < 1.29 is 14.9 Å². The minimum atomic E-state index is -0.750. The standard InChI is InChI=1S/C15H19NO.C2H6.CH4O2/c1-4-7-13-9-10-14(16-11-13)12-17-15(6-3)8-5-2;1-2;2-1-3/h5-6,8-11H,2-4,7,12H2,1H3;1-2H3;2-3H,1H2/b15-8+;;. The van der Waals surface area contributed by atoms with Crippen LogP contribution in [0.2, 0.25) is 0 Å². The monoisotopic (exact) mass is 307 g/mol. The smallest absolute Gasteiger partial charge is 0.140 e. The van der Waals surface area contributed by atoms with Gasteiger partial charge in [-0.2, -0.15) is 0 Å². The molecule has 124 valence electrons. The highest BCUT2D eigenvalue weighted by Gasteiger charge is 1.97. The molecule has 0 aliphatic rings. The molecule has 4 nitrogen and oxygen atoms in total. The van der Waals surface area contributed by atoms with Crippen LogP contribution in [0.3, 0.4) is 0 Å². The van der Waals surface area contributed by atoms with Crippen molar-refractivity contribution in [3.63, 3.8) is 0 Å². The van der Waals surface area contributed by atoms with Crippen molar-refractivity contribution in [2.24, 2.45) is 0 Å². The Labute approximate surface area is 134 Å². The summed E-state index contributed by atoms with van der Waals surface area (Å²) in [5.41, 5.74) is 2.18. The molecule has 1 rings (SSSR count). The van der Waals surface area contributed by atoms with E-state index < -0.39 is 6.79 Å². The van der Waals surface area contributed by atoms with Gasteiger partial charge in [-0.15, -0.1) is 0 Å². The van der Waals surface area contributed by atoms with Crippen LogP contribution in [0, 0.1) is 0 Å². The van der Waals surface area contributed by atoms with Crippen molar-refractivity contribution in [2.45, 2.75) is 40.2 Å². The Morgan fingerprint density at radius 1 is 1.27 bits per heavy atom. The minimum absolute atomic E-state index is 0.456. The maximum absolute atomic E-state index is 7.12. The molecule has 0 aromatic carbocycles. The normalized spacial score (nSPS) is 9.59. The molecule has 0 amide bonds. The van der Waals surface area contributed by atoms with Gasteiger partial charge in [0, 0.05) is 6.20 Å². The van der Waals surface area contributed by atoms with Crippen LogP contribution in [0.4, 0.5) is 0 Å². The van der Waals surface area contributed by atoms with E-state index in [9.17, 15) is 0 Å². The molecule has 0 unspecified atom stereocenters. The lowest BCUT2D eigenvalue weighted by molar-refractivity contribution is 0.0773. The van der Waals surface area contributed by atoms with Gasteiger partial charge < -0.3 is 14.9 Å². The molecule has 0 radical (unpaired) electrons. The molecule has 0 aliphatic heterocycles. The molecule has 0 fully saturated rings. The zero-order chi connectivity index (χ0) is 17.2. The predicted octanol–water partition coefficient (Wildman–Crippen LogP) is 3.76. The summed E-state index contributed by atoms with van der Waals surface area (Å²) in [4.78, 5) is 4.35. The molecular formula is C18H29NO3. The summed E-state index contributed by atoms with van der Waals surface area (Å²) in [6.07, 6.45) is 9.23. The van der Waals surface area contributed by atoms with Crippen LogP contribution in [-0.2, 0) is 17.8 Å². The first kappa shape index (κ1) is 22.4. The molecule has 0 aliphatic carbocycles. The molecule has 0 saturated carbocycles. The first-order valence-electron chi connectivity index (χ1n) is 7.45. The van der Waals surface area contributed by atoms with Crippen molar-refractivity contribution in [2.75, 3.05) is 6.79 Å². The second kappa shape index (κ2) is 17.1. The summed E-state index contributed by atoms with van der Waals surface area (Å²) in [5, 5.41) is 14.2. The third-order valence-electron chi connectivity index (χ3n) is 2.29. The quantitative estimate of drug-likeness (QED) is 0.457. The molecular weight excluding hydrogens is 278 g/mol. The highest BCUT2D eigenvalue weighted by atomic mass is 16.5. The summed E-state index contributed by atoms with van der Waals surface area (Å²) < 4.78 is 5.53. The van der Waals surface area contributed by atoms with E-state index in [4.69, 9.17) is 14.9 Å². The third-order valence-corrected chi connectivity index (χ3v) is 2.29. The largest absolute Gasteiger partial charge is 0.487 e. The first-order valence-corrected chi connectivity index (χ1v) is 7.45. The van der Waals surface area contributed by atoms with Crippen LogP contribution in [-0.4, -0.2) is 22.0 Å². The Morgan fingerprint density at radius 2 is 1.91 bits per heavy atom. The van der Waals surface area contributed by atoms with Crippen LogP contribution < -0.4 is 0 Å². The molecule has 0 bridgehead atoms. The summed E-state index contributed by atoms with van der Waals surface area (Å²) in [5.74, 6) is 0.708. The van der Waals surface area contributed by atoms with Crippen LogP contribution in [0.1, 0.15) is 38.4 Å². The predicted molar refractivity (Wildman–Crippen MR) is 92.2 cm³/mol. The second-order valence-corrected chi connectivity index (χ2v) is 3.85. The number of pyridine rings is 1. The Kier molecular flexibility index (Phi) is 17.4. The molecule has 1 heterocycles. The number of aromatic nitrogens is 1. The van der Waals surface area contributed by atoms with E-state index in [1.165, 1.54) is 5.56 Å². The van der Waals surface area contributed by atoms with Crippen molar-refractivity contribution >= 4 is 0 Å². The summed E-state index contributed by atoms with van der Waals surface area (Å²) >= 11 is 0. The number of ether oxygens (including phenoxy) is 1. The van der Waals surface area contributed by atoms with Crippen LogP contribution in [0.5, 0.6) is 0 Å². The van der Waals surface area contributed by atoms with E-state index in [-0.39, 0.29) is 0 Å². The average Bonchev–Trinajstić information content (AvgIpc) is 2.56. The highest BCUT2D eigenvalue weighted by molar-refractivity contribution is 5.16. The van der Waals surface area contributed by atoms with Crippen molar-refractivity contribution in [1.82, 2.24) is 4.98 Å². The van der Waals surface area contributed by atoms with Crippen LogP contribution >= 0.6 is 0 Å². The zero-order valence-electron chi connectivity index (χ0n) is 14.0.